The molecule has 27 heavy (non-hydrogen) atoms. The molecule has 1 aliphatic rings. The van der Waals surface area contributed by atoms with Gasteiger partial charge in [0.1, 0.15) is 24.3 Å². The topological polar surface area (TPSA) is 41.9 Å². The summed E-state index contributed by atoms with van der Waals surface area (Å²) in [4.78, 5) is 2.22. The average molecular weight is 461 g/mol. The maximum Gasteiger partial charge on any atom is 0.123 e. The van der Waals surface area contributed by atoms with Crippen LogP contribution >= 0.6 is 28.3 Å². The predicted octanol–water partition coefficient (Wildman–Crippen LogP) is 4.21. The molecule has 3 rings (SSSR count). The van der Waals surface area contributed by atoms with Crippen molar-refractivity contribution in [1.82, 2.24) is 4.90 Å². The number of nitrogens with zero attached hydrogens (tertiary/aromatic N) is 1. The number of aliphatic hydroxyl groups excluding tert-OH is 1. The van der Waals surface area contributed by atoms with Gasteiger partial charge >= 0.3 is 0 Å². The number of benzene rings is 2. The van der Waals surface area contributed by atoms with Crippen LogP contribution in [0.15, 0.2) is 53.0 Å². The lowest BCUT2D eigenvalue weighted by Gasteiger charge is -2.40. The van der Waals surface area contributed by atoms with E-state index in [0.717, 1.165) is 16.6 Å². The highest BCUT2D eigenvalue weighted by Crippen LogP contribution is 2.29. The summed E-state index contributed by atoms with van der Waals surface area (Å²) in [6.45, 7) is 4.16. The van der Waals surface area contributed by atoms with E-state index in [1.807, 2.05) is 12.1 Å². The number of β-amino-alcohol motifs (C(OH)–C–C–N with tert-alkyl or cyclic N) is 1. The summed E-state index contributed by atoms with van der Waals surface area (Å²) in [6.07, 6.45) is -0.659. The van der Waals surface area contributed by atoms with Gasteiger partial charge in [0.15, 0.2) is 0 Å². The van der Waals surface area contributed by atoms with E-state index < -0.39 is 6.10 Å². The van der Waals surface area contributed by atoms with Gasteiger partial charge in [0, 0.05) is 23.6 Å². The molecule has 148 valence electrons. The van der Waals surface area contributed by atoms with Gasteiger partial charge in [-0.25, -0.2) is 4.39 Å². The number of morpholine rings is 1. The SMILES string of the molecule is CC1C(c2ccc(Br)cc2)OCCN1CC(O)COc1ccc(F)cc1.Cl. The van der Waals surface area contributed by atoms with Crippen LogP contribution in [0.5, 0.6) is 5.75 Å². The largest absolute Gasteiger partial charge is 0.491 e. The van der Waals surface area contributed by atoms with Gasteiger partial charge in [-0.3, -0.25) is 4.90 Å². The Morgan fingerprint density at radius 2 is 1.89 bits per heavy atom. The Morgan fingerprint density at radius 1 is 1.22 bits per heavy atom. The van der Waals surface area contributed by atoms with Gasteiger partial charge in [0.05, 0.1) is 12.7 Å². The smallest absolute Gasteiger partial charge is 0.123 e. The zero-order valence-electron chi connectivity index (χ0n) is 15.1. The maximum absolute atomic E-state index is 12.9. The van der Waals surface area contributed by atoms with E-state index in [4.69, 9.17) is 9.47 Å². The Morgan fingerprint density at radius 3 is 2.56 bits per heavy atom. The third-order valence-corrected chi connectivity index (χ3v) is 5.12. The molecule has 0 spiro atoms. The van der Waals surface area contributed by atoms with Gasteiger partial charge in [0.25, 0.3) is 0 Å². The predicted molar refractivity (Wildman–Crippen MR) is 109 cm³/mol. The highest BCUT2D eigenvalue weighted by molar-refractivity contribution is 9.10. The molecule has 1 heterocycles. The van der Waals surface area contributed by atoms with Crippen LogP contribution in [-0.4, -0.2) is 48.5 Å². The molecule has 3 unspecified atom stereocenters. The first-order chi connectivity index (χ1) is 12.5. The molecule has 1 N–H and O–H groups in total. The number of halogens is 3. The van der Waals surface area contributed by atoms with Gasteiger partial charge in [-0.15, -0.1) is 12.4 Å². The Kier molecular flexibility index (Phi) is 8.51. The van der Waals surface area contributed by atoms with Crippen molar-refractivity contribution in [2.24, 2.45) is 0 Å². The van der Waals surface area contributed by atoms with Crippen molar-refractivity contribution < 1.29 is 19.0 Å². The van der Waals surface area contributed by atoms with Crippen molar-refractivity contribution in [3.05, 3.63) is 64.4 Å². The second kappa shape index (κ2) is 10.4. The molecular weight excluding hydrogens is 437 g/mol. The van der Waals surface area contributed by atoms with Crippen molar-refractivity contribution in [2.75, 3.05) is 26.3 Å². The van der Waals surface area contributed by atoms with Crippen LogP contribution in [0.1, 0.15) is 18.6 Å². The van der Waals surface area contributed by atoms with Gasteiger partial charge in [-0.05, 0) is 48.9 Å². The summed E-state index contributed by atoms with van der Waals surface area (Å²) >= 11 is 3.45. The zero-order valence-corrected chi connectivity index (χ0v) is 17.5. The van der Waals surface area contributed by atoms with E-state index in [1.165, 1.54) is 12.1 Å². The third kappa shape index (κ3) is 6.16. The number of hydrogen-bond donors (Lipinski definition) is 1. The highest BCUT2D eigenvalue weighted by atomic mass is 79.9. The van der Waals surface area contributed by atoms with Crippen molar-refractivity contribution in [3.8, 4) is 5.75 Å². The summed E-state index contributed by atoms with van der Waals surface area (Å²) in [5, 5.41) is 10.3. The minimum Gasteiger partial charge on any atom is -0.491 e. The fraction of sp³-hybridized carbons (Fsp3) is 0.400. The lowest BCUT2D eigenvalue weighted by Crippen LogP contribution is -2.49. The molecule has 2 aromatic rings. The van der Waals surface area contributed by atoms with Crippen LogP contribution in [0.4, 0.5) is 4.39 Å². The summed E-state index contributed by atoms with van der Waals surface area (Å²) < 4.78 is 25.5. The first-order valence-corrected chi connectivity index (χ1v) is 9.50. The molecule has 7 heteroatoms. The first kappa shape index (κ1) is 22.1. The second-order valence-electron chi connectivity index (χ2n) is 6.50. The van der Waals surface area contributed by atoms with Crippen LogP contribution in [-0.2, 0) is 4.74 Å². The molecule has 0 bridgehead atoms. The van der Waals surface area contributed by atoms with Crippen LogP contribution in [0, 0.1) is 5.82 Å². The minimum atomic E-state index is -0.633. The van der Waals surface area contributed by atoms with E-state index >= 15 is 0 Å². The van der Waals surface area contributed by atoms with Gasteiger partial charge < -0.3 is 14.6 Å². The average Bonchev–Trinajstić information content (AvgIpc) is 2.64. The summed E-state index contributed by atoms with van der Waals surface area (Å²) in [5.74, 6) is 0.243. The van der Waals surface area contributed by atoms with Crippen molar-refractivity contribution in [3.63, 3.8) is 0 Å². The Bertz CT molecular complexity index is 701. The van der Waals surface area contributed by atoms with Crippen LogP contribution in [0.3, 0.4) is 0 Å². The Labute approximate surface area is 173 Å². The fourth-order valence-electron chi connectivity index (χ4n) is 3.16. The molecule has 3 atom stereocenters. The van der Waals surface area contributed by atoms with E-state index in [2.05, 4.69) is 39.9 Å². The number of aliphatic hydroxyl groups is 1. The van der Waals surface area contributed by atoms with Crippen LogP contribution < -0.4 is 4.74 Å². The molecule has 0 radical (unpaired) electrons. The van der Waals surface area contributed by atoms with Crippen molar-refractivity contribution in [2.45, 2.75) is 25.2 Å². The molecule has 1 saturated heterocycles. The maximum atomic E-state index is 12.9. The van der Waals surface area contributed by atoms with Gasteiger partial charge in [-0.1, -0.05) is 28.1 Å². The minimum absolute atomic E-state index is 0. The molecule has 1 aliphatic heterocycles. The van der Waals surface area contributed by atoms with Gasteiger partial charge in [0.2, 0.25) is 0 Å². The third-order valence-electron chi connectivity index (χ3n) is 4.59. The quantitative estimate of drug-likeness (QED) is 0.701. The highest BCUT2D eigenvalue weighted by Gasteiger charge is 2.31. The zero-order chi connectivity index (χ0) is 18.5. The summed E-state index contributed by atoms with van der Waals surface area (Å²) in [5.41, 5.74) is 1.13. The second-order valence-corrected chi connectivity index (χ2v) is 7.41. The molecule has 4 nitrogen and oxygen atoms in total. The van der Waals surface area contributed by atoms with E-state index in [9.17, 15) is 9.50 Å². The molecule has 1 fully saturated rings. The summed E-state index contributed by atoms with van der Waals surface area (Å²) in [7, 11) is 0. The van der Waals surface area contributed by atoms with Gasteiger partial charge in [-0.2, -0.15) is 0 Å². The molecule has 0 aliphatic carbocycles. The molecule has 0 amide bonds. The fourth-order valence-corrected chi connectivity index (χ4v) is 3.43. The van der Waals surface area contributed by atoms with Crippen LogP contribution in [0.25, 0.3) is 0 Å². The standard InChI is InChI=1S/C20H23BrFNO3.ClH/c1-14-20(15-2-4-16(21)5-3-15)25-11-10-23(14)12-18(24)13-26-19-8-6-17(22)7-9-19;/h2-9,14,18,20,24H,10-13H2,1H3;1H. The molecule has 0 aromatic heterocycles. The number of ether oxygens (including phenoxy) is 2. The van der Waals surface area contributed by atoms with E-state index in [1.54, 1.807) is 12.1 Å². The molecule has 0 saturated carbocycles. The lowest BCUT2D eigenvalue weighted by atomic mass is 10.0. The molecule has 2 aromatic carbocycles. The monoisotopic (exact) mass is 459 g/mol. The number of hydrogen-bond acceptors (Lipinski definition) is 4. The van der Waals surface area contributed by atoms with Crippen molar-refractivity contribution in [1.29, 1.82) is 0 Å². The van der Waals surface area contributed by atoms with Crippen LogP contribution in [0.2, 0.25) is 0 Å². The molecular formula is C20H24BrClFNO3. The first-order valence-electron chi connectivity index (χ1n) is 8.70. The Balaban J connectivity index is 0.00000261. The van der Waals surface area contributed by atoms with Crippen molar-refractivity contribution >= 4 is 28.3 Å². The lowest BCUT2D eigenvalue weighted by molar-refractivity contribution is -0.0804. The normalized spacial score (nSPS) is 21.3. The van der Waals surface area contributed by atoms with E-state index in [-0.39, 0.29) is 37.0 Å². The Hall–Kier alpha value is -1.18. The summed E-state index contributed by atoms with van der Waals surface area (Å²) in [6, 6.07) is 14.1. The van der Waals surface area contributed by atoms with E-state index in [0.29, 0.717) is 18.9 Å². The number of rotatable bonds is 6.